The number of hydrogen-bond donors (Lipinski definition) is 2. The van der Waals surface area contributed by atoms with Crippen LogP contribution in [0.4, 0.5) is 0 Å². The van der Waals surface area contributed by atoms with Gasteiger partial charge in [0.2, 0.25) is 0 Å². The van der Waals surface area contributed by atoms with E-state index in [0.717, 1.165) is 37.3 Å². The highest BCUT2D eigenvalue weighted by Gasteiger charge is 2.42. The van der Waals surface area contributed by atoms with Gasteiger partial charge in [0.25, 0.3) is 0 Å². The number of benzene rings is 2. The number of rotatable bonds is 2. The molecule has 6 atom stereocenters. The van der Waals surface area contributed by atoms with Crippen molar-refractivity contribution in [3.8, 4) is 22.5 Å². The van der Waals surface area contributed by atoms with Gasteiger partial charge in [0, 0.05) is 36.1 Å². The third-order valence-electron chi connectivity index (χ3n) is 9.89. The molecule has 0 bridgehead atoms. The van der Waals surface area contributed by atoms with Gasteiger partial charge in [0.1, 0.15) is 24.9 Å². The van der Waals surface area contributed by atoms with Crippen molar-refractivity contribution in [3.05, 3.63) is 109 Å². The molecule has 2 aromatic carbocycles. The molecule has 220 valence electrons. The van der Waals surface area contributed by atoms with Crippen LogP contribution in [0.2, 0.25) is 0 Å². The number of nitrogens with zero attached hydrogens (tertiary/aromatic N) is 10. The highest BCUT2D eigenvalue weighted by atomic mass is 16.3. The van der Waals surface area contributed by atoms with E-state index in [0.29, 0.717) is 11.6 Å². The first-order valence-electron chi connectivity index (χ1n) is 15.0. The van der Waals surface area contributed by atoms with E-state index in [-0.39, 0.29) is 23.9 Å². The van der Waals surface area contributed by atoms with E-state index in [1.165, 1.54) is 22.3 Å². The highest BCUT2D eigenvalue weighted by Crippen LogP contribution is 2.49. The van der Waals surface area contributed by atoms with E-state index in [1.807, 2.05) is 46.3 Å². The minimum Gasteiger partial charge on any atom is -0.385 e. The van der Waals surface area contributed by atoms with Gasteiger partial charge in [0.05, 0.1) is 48.5 Å². The van der Waals surface area contributed by atoms with Crippen LogP contribution >= 0.6 is 0 Å². The smallest absolute Gasteiger partial charge is 0.162 e. The second-order valence-electron chi connectivity index (χ2n) is 12.0. The molecule has 0 saturated carbocycles. The van der Waals surface area contributed by atoms with E-state index >= 15 is 0 Å². The van der Waals surface area contributed by atoms with Crippen LogP contribution in [0.3, 0.4) is 0 Å². The van der Waals surface area contributed by atoms with Crippen molar-refractivity contribution < 1.29 is 10.2 Å². The molecular formula is C32H30N10O2. The summed E-state index contributed by atoms with van der Waals surface area (Å²) in [5.41, 5.74) is 7.20. The van der Waals surface area contributed by atoms with Gasteiger partial charge >= 0.3 is 0 Å². The lowest BCUT2D eigenvalue weighted by molar-refractivity contribution is 0.0511. The molecule has 6 aromatic rings. The van der Waals surface area contributed by atoms with Crippen LogP contribution in [-0.4, -0.2) is 58.8 Å². The largest absolute Gasteiger partial charge is 0.385 e. The zero-order valence-electron chi connectivity index (χ0n) is 23.7. The first-order chi connectivity index (χ1) is 21.7. The Morgan fingerprint density at radius 2 is 1.05 bits per heavy atom. The number of aryl methyl sites for hydroxylation is 2. The van der Waals surface area contributed by atoms with Crippen LogP contribution in [0.15, 0.2) is 86.2 Å². The van der Waals surface area contributed by atoms with E-state index in [1.54, 1.807) is 12.7 Å². The van der Waals surface area contributed by atoms with Gasteiger partial charge in [-0.15, -0.1) is 20.4 Å². The molecule has 12 nitrogen and oxygen atoms in total. The fourth-order valence-corrected chi connectivity index (χ4v) is 7.89. The monoisotopic (exact) mass is 586 g/mol. The predicted octanol–water partition coefficient (Wildman–Crippen LogP) is 3.60. The Labute approximate surface area is 252 Å². The molecule has 0 radical (unpaired) electrons. The van der Waals surface area contributed by atoms with E-state index < -0.39 is 12.2 Å². The van der Waals surface area contributed by atoms with Crippen molar-refractivity contribution in [3.63, 3.8) is 0 Å². The molecule has 4 aliphatic heterocycles. The Bertz CT molecular complexity index is 1850. The molecule has 0 aliphatic carbocycles. The molecule has 12 heteroatoms. The van der Waals surface area contributed by atoms with Crippen LogP contribution in [0.25, 0.3) is 22.5 Å². The topological polar surface area (TPSA) is 138 Å². The van der Waals surface area contributed by atoms with Gasteiger partial charge < -0.3 is 28.5 Å². The summed E-state index contributed by atoms with van der Waals surface area (Å²) in [4.78, 5) is 8.59. The summed E-state index contributed by atoms with van der Waals surface area (Å²) in [5.74, 6) is 1.49. The summed E-state index contributed by atoms with van der Waals surface area (Å²) in [6.07, 6.45) is 11.5. The maximum absolute atomic E-state index is 10.8. The van der Waals surface area contributed by atoms with E-state index in [2.05, 4.69) is 75.9 Å². The molecule has 0 unspecified atom stereocenters. The molecule has 0 saturated heterocycles. The summed E-state index contributed by atoms with van der Waals surface area (Å²) in [6, 6.07) is 17.0. The average Bonchev–Trinajstić information content (AvgIpc) is 3.88. The average molecular weight is 587 g/mol. The van der Waals surface area contributed by atoms with Crippen LogP contribution in [0.1, 0.15) is 59.9 Å². The van der Waals surface area contributed by atoms with Crippen molar-refractivity contribution in [2.45, 2.75) is 50.2 Å². The summed E-state index contributed by atoms with van der Waals surface area (Å²) >= 11 is 0. The Balaban J connectivity index is 0.000000123. The van der Waals surface area contributed by atoms with Gasteiger partial charge in [0.15, 0.2) is 11.6 Å². The molecule has 0 spiro atoms. The number of aromatic nitrogens is 10. The van der Waals surface area contributed by atoms with Crippen molar-refractivity contribution in [1.82, 2.24) is 48.6 Å². The Morgan fingerprint density at radius 1 is 0.591 bits per heavy atom. The lowest BCUT2D eigenvalue weighted by Crippen LogP contribution is -2.31. The van der Waals surface area contributed by atoms with Gasteiger partial charge in [-0.1, -0.05) is 48.5 Å². The lowest BCUT2D eigenvalue weighted by atomic mass is 9.84. The number of fused-ring (bicyclic) bond motifs is 8. The summed E-state index contributed by atoms with van der Waals surface area (Å²) in [5, 5.41) is 37.7. The Morgan fingerprint density at radius 3 is 1.52 bits per heavy atom. The predicted molar refractivity (Wildman–Crippen MR) is 158 cm³/mol. The molecule has 4 aromatic heterocycles. The van der Waals surface area contributed by atoms with Gasteiger partial charge in [-0.05, 0) is 24.0 Å². The van der Waals surface area contributed by atoms with Crippen molar-refractivity contribution in [1.29, 1.82) is 0 Å². The zero-order valence-corrected chi connectivity index (χ0v) is 23.7. The summed E-state index contributed by atoms with van der Waals surface area (Å²) in [7, 11) is 0. The second kappa shape index (κ2) is 9.79. The lowest BCUT2D eigenvalue weighted by Gasteiger charge is -2.33. The maximum atomic E-state index is 10.8. The first-order valence-corrected chi connectivity index (χ1v) is 15.0. The third-order valence-corrected chi connectivity index (χ3v) is 9.89. The zero-order chi connectivity index (χ0) is 29.4. The first kappa shape index (κ1) is 25.5. The Kier molecular flexibility index (Phi) is 5.69. The molecule has 10 rings (SSSR count). The minimum absolute atomic E-state index is 0.0771. The highest BCUT2D eigenvalue weighted by molar-refractivity contribution is 5.70. The summed E-state index contributed by atoms with van der Waals surface area (Å²) in [6.45, 7) is 1.68. The molecule has 4 aliphatic rings. The second-order valence-corrected chi connectivity index (χ2v) is 12.0. The molecule has 0 amide bonds. The fraction of sp³-hybridized carbons (Fsp3) is 0.312. The number of aliphatic hydroxyl groups excluding tert-OH is 2. The number of imidazole rings is 2. The van der Waals surface area contributed by atoms with Crippen LogP contribution in [0, 0.1) is 11.8 Å². The van der Waals surface area contributed by atoms with Gasteiger partial charge in [-0.25, -0.2) is 9.97 Å². The van der Waals surface area contributed by atoms with Crippen molar-refractivity contribution in [2.24, 2.45) is 11.8 Å². The normalized spacial score (nSPS) is 25.6. The quantitative estimate of drug-likeness (QED) is 0.314. The van der Waals surface area contributed by atoms with Crippen molar-refractivity contribution >= 4 is 0 Å². The van der Waals surface area contributed by atoms with E-state index in [4.69, 9.17) is 0 Å². The van der Waals surface area contributed by atoms with Gasteiger partial charge in [-0.2, -0.15) is 0 Å². The molecule has 8 heterocycles. The Hall–Kier alpha value is -4.94. The maximum Gasteiger partial charge on any atom is 0.162 e. The minimum atomic E-state index is -0.609. The molecular weight excluding hydrogens is 556 g/mol. The standard InChI is InChI=1S/2C16H15N5O/c2*22-15-12(5-6-20-9-18-19-16(15)20)14-11-4-2-1-3-10(11)13-7-17-8-21(13)14/h2*1-4,7-9,12,14-15,22H,5-6H2/t2*12-,14+,15+/m10/s1. The molecule has 44 heavy (non-hydrogen) atoms. The fourth-order valence-electron chi connectivity index (χ4n) is 7.89. The number of aliphatic hydroxyl groups is 2. The summed E-state index contributed by atoms with van der Waals surface area (Å²) < 4.78 is 8.25. The number of hydrogen-bond acceptors (Lipinski definition) is 8. The van der Waals surface area contributed by atoms with Gasteiger partial charge in [-0.3, -0.25) is 0 Å². The van der Waals surface area contributed by atoms with Crippen LogP contribution in [-0.2, 0) is 13.1 Å². The van der Waals surface area contributed by atoms with E-state index in [9.17, 15) is 10.2 Å². The van der Waals surface area contributed by atoms with Crippen LogP contribution in [0.5, 0.6) is 0 Å². The van der Waals surface area contributed by atoms with Crippen LogP contribution < -0.4 is 0 Å². The molecule has 2 N–H and O–H groups in total. The third kappa shape index (κ3) is 3.64. The molecule has 0 fully saturated rings. The SMILES string of the molecule is O[C@@H]1c2nncn2CC[C@@H]1[C@@H]1c2ccccc2-c2cncn21.O[C@H]1c2nncn2CC[C@H]1[C@H]1c2ccccc2-c2cncn21. The van der Waals surface area contributed by atoms with Crippen molar-refractivity contribution in [2.75, 3.05) is 0 Å².